The Labute approximate surface area is 161 Å². The van der Waals surface area contributed by atoms with Gasteiger partial charge in [-0.1, -0.05) is 30.3 Å². The topological polar surface area (TPSA) is 116 Å². The fourth-order valence-corrected chi connectivity index (χ4v) is 4.15. The molecule has 9 nitrogen and oxygen atoms in total. The second kappa shape index (κ2) is 7.79. The molecule has 10 heteroatoms. The second-order valence-corrected chi connectivity index (χ2v) is 7.64. The molecule has 0 saturated carbocycles. The van der Waals surface area contributed by atoms with E-state index in [1.54, 1.807) is 48.3 Å². The van der Waals surface area contributed by atoms with E-state index in [4.69, 9.17) is 4.74 Å². The third kappa shape index (κ3) is 3.87. The molecule has 2 aromatic carbocycles. The Hall–Kier alpha value is -3.24. The average molecular weight is 402 g/mol. The van der Waals surface area contributed by atoms with E-state index in [9.17, 15) is 18.5 Å². The van der Waals surface area contributed by atoms with Crippen LogP contribution in [0.5, 0.6) is 5.75 Å². The SMILES string of the molecule is COc1ccc([N+](=O)[O-])cc1S(=O)(=O)NC(c1ccccc1)c1nccn1C. The number of sulfonamides is 1. The van der Waals surface area contributed by atoms with Gasteiger partial charge in [-0.3, -0.25) is 10.1 Å². The maximum atomic E-state index is 13.1. The number of nitrogens with one attached hydrogen (secondary N) is 1. The molecule has 1 heterocycles. The third-order valence-corrected chi connectivity index (χ3v) is 5.61. The van der Waals surface area contributed by atoms with Crippen LogP contribution in [0.15, 0.2) is 65.8 Å². The van der Waals surface area contributed by atoms with Crippen LogP contribution in [-0.2, 0) is 17.1 Å². The Bertz CT molecular complexity index is 1100. The van der Waals surface area contributed by atoms with Crippen molar-refractivity contribution in [3.8, 4) is 5.75 Å². The van der Waals surface area contributed by atoms with E-state index in [1.165, 1.54) is 19.2 Å². The van der Waals surface area contributed by atoms with Gasteiger partial charge in [0.25, 0.3) is 5.69 Å². The Kier molecular flexibility index (Phi) is 5.43. The van der Waals surface area contributed by atoms with Crippen molar-refractivity contribution in [2.24, 2.45) is 7.05 Å². The average Bonchev–Trinajstić information content (AvgIpc) is 3.12. The summed E-state index contributed by atoms with van der Waals surface area (Å²) in [6, 6.07) is 11.5. The number of ether oxygens (including phenoxy) is 1. The molecule has 0 bridgehead atoms. The molecule has 0 radical (unpaired) electrons. The fraction of sp³-hybridized carbons (Fsp3) is 0.167. The van der Waals surface area contributed by atoms with Crippen LogP contribution in [0, 0.1) is 10.1 Å². The molecule has 0 aliphatic rings. The minimum Gasteiger partial charge on any atom is -0.495 e. The van der Waals surface area contributed by atoms with Crippen molar-refractivity contribution in [3.63, 3.8) is 0 Å². The van der Waals surface area contributed by atoms with Crippen molar-refractivity contribution in [2.75, 3.05) is 7.11 Å². The van der Waals surface area contributed by atoms with Crippen molar-refractivity contribution in [1.29, 1.82) is 0 Å². The quantitative estimate of drug-likeness (QED) is 0.479. The molecule has 3 aromatic rings. The Morgan fingerprint density at radius 1 is 1.21 bits per heavy atom. The molecule has 1 atom stereocenters. The van der Waals surface area contributed by atoms with Crippen LogP contribution in [0.25, 0.3) is 0 Å². The molecule has 0 saturated heterocycles. The highest BCUT2D eigenvalue weighted by Gasteiger charge is 2.29. The maximum Gasteiger partial charge on any atom is 0.271 e. The number of benzene rings is 2. The largest absolute Gasteiger partial charge is 0.495 e. The first-order valence-electron chi connectivity index (χ1n) is 8.20. The van der Waals surface area contributed by atoms with E-state index in [1.807, 2.05) is 6.07 Å². The van der Waals surface area contributed by atoms with Gasteiger partial charge in [0, 0.05) is 31.6 Å². The number of rotatable bonds is 7. The normalized spacial score (nSPS) is 12.5. The highest BCUT2D eigenvalue weighted by atomic mass is 32.2. The summed E-state index contributed by atoms with van der Waals surface area (Å²) in [4.78, 5) is 14.4. The van der Waals surface area contributed by atoms with E-state index >= 15 is 0 Å². The molecule has 0 aliphatic carbocycles. The zero-order chi connectivity index (χ0) is 20.3. The summed E-state index contributed by atoms with van der Waals surface area (Å²) in [6.45, 7) is 0. The fourth-order valence-electron chi connectivity index (χ4n) is 2.78. The van der Waals surface area contributed by atoms with Gasteiger partial charge in [-0.2, -0.15) is 4.72 Å². The summed E-state index contributed by atoms with van der Waals surface area (Å²) >= 11 is 0. The van der Waals surface area contributed by atoms with Crippen molar-refractivity contribution < 1.29 is 18.1 Å². The summed E-state index contributed by atoms with van der Waals surface area (Å²) in [5, 5.41) is 11.1. The molecule has 1 unspecified atom stereocenters. The van der Waals surface area contributed by atoms with Crippen LogP contribution in [0.3, 0.4) is 0 Å². The van der Waals surface area contributed by atoms with Crippen molar-refractivity contribution >= 4 is 15.7 Å². The number of aryl methyl sites for hydroxylation is 1. The standard InChI is InChI=1S/C18H18N4O5S/c1-21-11-10-19-18(21)17(13-6-4-3-5-7-13)20-28(25,26)16-12-14(22(23)24)8-9-15(16)27-2/h3-12,17,20H,1-2H3. The van der Waals surface area contributed by atoms with Gasteiger partial charge in [0.2, 0.25) is 10.0 Å². The minimum absolute atomic E-state index is 0.00440. The molecule has 0 fully saturated rings. The number of hydrogen-bond acceptors (Lipinski definition) is 6. The Balaban J connectivity index is 2.09. The lowest BCUT2D eigenvalue weighted by Crippen LogP contribution is -2.31. The minimum atomic E-state index is -4.18. The van der Waals surface area contributed by atoms with Gasteiger partial charge in [-0.25, -0.2) is 13.4 Å². The number of non-ortho nitro benzene ring substituents is 1. The van der Waals surface area contributed by atoms with Crippen LogP contribution in [0.2, 0.25) is 0 Å². The smallest absolute Gasteiger partial charge is 0.271 e. The van der Waals surface area contributed by atoms with Gasteiger partial charge in [-0.15, -0.1) is 0 Å². The lowest BCUT2D eigenvalue weighted by molar-refractivity contribution is -0.385. The van der Waals surface area contributed by atoms with E-state index in [2.05, 4.69) is 9.71 Å². The molecule has 1 N–H and O–H groups in total. The lowest BCUT2D eigenvalue weighted by Gasteiger charge is -2.20. The van der Waals surface area contributed by atoms with Crippen LogP contribution >= 0.6 is 0 Å². The number of nitro benzene ring substituents is 1. The van der Waals surface area contributed by atoms with Gasteiger partial charge < -0.3 is 9.30 Å². The summed E-state index contributed by atoms with van der Waals surface area (Å²) in [7, 11) is -1.13. The van der Waals surface area contributed by atoms with Gasteiger partial charge in [0.05, 0.1) is 12.0 Å². The Morgan fingerprint density at radius 2 is 1.93 bits per heavy atom. The number of imidazole rings is 1. The van der Waals surface area contributed by atoms with Crippen LogP contribution in [0.1, 0.15) is 17.4 Å². The Morgan fingerprint density at radius 3 is 2.50 bits per heavy atom. The summed E-state index contributed by atoms with van der Waals surface area (Å²) in [5.74, 6) is 0.476. The number of aromatic nitrogens is 2. The maximum absolute atomic E-state index is 13.1. The highest BCUT2D eigenvalue weighted by molar-refractivity contribution is 7.89. The van der Waals surface area contributed by atoms with E-state index < -0.39 is 21.0 Å². The van der Waals surface area contributed by atoms with Crippen LogP contribution in [-0.4, -0.2) is 30.0 Å². The van der Waals surface area contributed by atoms with E-state index in [0.29, 0.717) is 11.4 Å². The van der Waals surface area contributed by atoms with E-state index in [-0.39, 0.29) is 16.3 Å². The second-order valence-electron chi connectivity index (χ2n) is 5.95. The van der Waals surface area contributed by atoms with Gasteiger partial charge in [0.1, 0.15) is 22.5 Å². The van der Waals surface area contributed by atoms with Gasteiger partial charge >= 0.3 is 0 Å². The number of nitro groups is 1. The predicted molar refractivity (Wildman–Crippen MR) is 101 cm³/mol. The molecule has 0 amide bonds. The molecule has 0 spiro atoms. The molecule has 3 rings (SSSR count). The third-order valence-electron chi connectivity index (χ3n) is 4.17. The molecule has 146 valence electrons. The monoisotopic (exact) mass is 402 g/mol. The summed E-state index contributed by atoms with van der Waals surface area (Å²) in [6.07, 6.45) is 3.26. The first-order chi connectivity index (χ1) is 13.3. The van der Waals surface area contributed by atoms with E-state index in [0.717, 1.165) is 6.07 Å². The van der Waals surface area contributed by atoms with Crippen molar-refractivity contribution in [2.45, 2.75) is 10.9 Å². The lowest BCUT2D eigenvalue weighted by atomic mass is 10.1. The summed E-state index contributed by atoms with van der Waals surface area (Å²) in [5.41, 5.74) is 0.319. The molecular formula is C18H18N4O5S. The van der Waals surface area contributed by atoms with Crippen molar-refractivity contribution in [3.05, 3.63) is 82.4 Å². The van der Waals surface area contributed by atoms with Crippen LogP contribution in [0.4, 0.5) is 5.69 Å². The predicted octanol–water partition coefficient (Wildman–Crippen LogP) is 2.40. The number of methoxy groups -OCH3 is 1. The molecule has 28 heavy (non-hydrogen) atoms. The zero-order valence-corrected chi connectivity index (χ0v) is 16.0. The van der Waals surface area contributed by atoms with Crippen molar-refractivity contribution in [1.82, 2.24) is 14.3 Å². The van der Waals surface area contributed by atoms with Gasteiger partial charge in [0.15, 0.2) is 0 Å². The molecular weight excluding hydrogens is 384 g/mol. The van der Waals surface area contributed by atoms with Gasteiger partial charge in [-0.05, 0) is 11.6 Å². The first kappa shape index (κ1) is 19.5. The number of hydrogen-bond donors (Lipinski definition) is 1. The number of nitrogens with zero attached hydrogens (tertiary/aromatic N) is 3. The molecule has 0 aliphatic heterocycles. The van der Waals surface area contributed by atoms with Crippen LogP contribution < -0.4 is 9.46 Å². The summed E-state index contributed by atoms with van der Waals surface area (Å²) < 4.78 is 35.7. The highest BCUT2D eigenvalue weighted by Crippen LogP contribution is 2.30. The zero-order valence-electron chi connectivity index (χ0n) is 15.1. The first-order valence-corrected chi connectivity index (χ1v) is 9.68. The molecule has 1 aromatic heterocycles.